The topological polar surface area (TPSA) is 109 Å². The first-order chi connectivity index (χ1) is 23.0. The number of carbonyl (C=O) groups is 1. The molecule has 0 saturated heterocycles. The summed E-state index contributed by atoms with van der Waals surface area (Å²) in [5.74, 6) is 0. The van der Waals surface area contributed by atoms with Crippen LogP contribution in [0.25, 0.3) is 41.6 Å². The molecule has 1 aliphatic carbocycles. The van der Waals surface area contributed by atoms with Crippen LogP contribution in [-0.2, 0) is 14.9 Å². The van der Waals surface area contributed by atoms with E-state index in [0.717, 1.165) is 50.5 Å². The van der Waals surface area contributed by atoms with E-state index in [2.05, 4.69) is 10.3 Å². The Hall–Kier alpha value is -4.38. The smallest absolute Gasteiger partial charge is 0.388 e. The van der Waals surface area contributed by atoms with Gasteiger partial charge in [-0.15, -0.1) is 22.7 Å². The number of anilines is 1. The summed E-state index contributed by atoms with van der Waals surface area (Å²) in [7, 11) is -2.45. The van der Waals surface area contributed by atoms with Crippen molar-refractivity contribution in [1.82, 2.24) is 9.97 Å². The molecule has 0 fully saturated rings. The maximum atomic E-state index is 12.2. The Kier molecular flexibility index (Phi) is 11.5. The first-order valence-corrected chi connectivity index (χ1v) is 17.2. The number of thiazole rings is 2. The monoisotopic (exact) mass is 739 g/mol. The summed E-state index contributed by atoms with van der Waals surface area (Å²) < 4.78 is 108. The number of aromatic nitrogens is 2. The molecule has 3 aromatic carbocycles. The minimum atomic E-state index is -4.76. The third-order valence-corrected chi connectivity index (χ3v) is 10.2. The summed E-state index contributed by atoms with van der Waals surface area (Å²) in [4.78, 5) is 18.1. The molecule has 16 heteroatoms. The van der Waals surface area contributed by atoms with Crippen molar-refractivity contribution in [3.8, 4) is 21.1 Å². The number of hydrogen-bond donors (Lipinski definition) is 2. The fourth-order valence-corrected chi connectivity index (χ4v) is 7.83. The molecule has 0 spiro atoms. The van der Waals surface area contributed by atoms with Crippen molar-refractivity contribution in [2.24, 2.45) is 0 Å². The number of benzene rings is 3. The van der Waals surface area contributed by atoms with Crippen LogP contribution in [0, 0.1) is 6.92 Å². The van der Waals surface area contributed by atoms with Gasteiger partial charge < -0.3 is 10.1 Å². The van der Waals surface area contributed by atoms with Gasteiger partial charge in [-0.3, -0.25) is 4.55 Å². The predicted octanol–water partition coefficient (Wildman–Crippen LogP) is 9.97. The van der Waals surface area contributed by atoms with E-state index >= 15 is 0 Å². The summed E-state index contributed by atoms with van der Waals surface area (Å²) in [5.41, 5.74) is 2.44. The van der Waals surface area contributed by atoms with E-state index in [4.69, 9.17) is 9.78 Å². The van der Waals surface area contributed by atoms with Crippen molar-refractivity contribution in [2.45, 2.75) is 37.5 Å². The Labute approximate surface area is 285 Å². The summed E-state index contributed by atoms with van der Waals surface area (Å²) >= 11 is 2.86. The molecule has 0 unspecified atom stereocenters. The van der Waals surface area contributed by atoms with Gasteiger partial charge in [-0.1, -0.05) is 24.3 Å². The van der Waals surface area contributed by atoms with E-state index in [9.17, 15) is 39.3 Å². The molecule has 2 N–H and O–H groups in total. The number of hydrogen-bond acceptors (Lipinski definition) is 8. The van der Waals surface area contributed by atoms with Crippen molar-refractivity contribution in [1.29, 1.82) is 0 Å². The molecule has 7 nitrogen and oxygen atoms in total. The average Bonchev–Trinajstić information content (AvgIpc) is 3.55. The number of rotatable bonds is 4. The molecule has 0 amide bonds. The lowest BCUT2D eigenvalue weighted by molar-refractivity contribution is -0.106. The van der Waals surface area contributed by atoms with Crippen LogP contribution in [0.15, 0.2) is 94.9 Å². The van der Waals surface area contributed by atoms with Crippen molar-refractivity contribution < 1.29 is 44.1 Å². The average molecular weight is 740 g/mol. The predicted molar refractivity (Wildman–Crippen MR) is 182 cm³/mol. The number of carbonyl (C=O) groups excluding carboxylic acids is 1. The molecule has 0 saturated carbocycles. The second kappa shape index (κ2) is 15.0. The van der Waals surface area contributed by atoms with Gasteiger partial charge >= 0.3 is 12.4 Å². The van der Waals surface area contributed by atoms with Gasteiger partial charge in [0.2, 0.25) is 0 Å². The van der Waals surface area contributed by atoms with Crippen LogP contribution < -0.4 is 5.32 Å². The number of fused-ring (bicyclic) bond motifs is 2. The second-order valence-electron chi connectivity index (χ2n) is 10.2. The van der Waals surface area contributed by atoms with Gasteiger partial charge in [0, 0.05) is 29.4 Å². The molecule has 2 aromatic heterocycles. The number of halogens is 6. The Bertz CT molecular complexity index is 2180. The summed E-state index contributed by atoms with van der Waals surface area (Å²) in [5, 5.41) is 4.74. The van der Waals surface area contributed by atoms with Gasteiger partial charge in [-0.2, -0.15) is 34.8 Å². The molecule has 1 aliphatic rings. The van der Waals surface area contributed by atoms with Gasteiger partial charge in [0.15, 0.2) is 0 Å². The molecule has 5 aromatic rings. The van der Waals surface area contributed by atoms with Crippen LogP contribution in [0.5, 0.6) is 0 Å². The Morgan fingerprint density at radius 1 is 0.878 bits per heavy atom. The highest BCUT2D eigenvalue weighted by atomic mass is 32.2. The number of allylic oxidation sites excluding steroid dienone is 6. The molecule has 49 heavy (non-hydrogen) atoms. The second-order valence-corrected chi connectivity index (χ2v) is 13.6. The Morgan fingerprint density at radius 2 is 1.47 bits per heavy atom. The molecule has 6 rings (SSSR count). The maximum Gasteiger partial charge on any atom is 0.416 e. The third-order valence-electron chi connectivity index (χ3n) is 6.79. The van der Waals surface area contributed by atoms with Crippen molar-refractivity contribution >= 4 is 65.2 Å². The number of nitrogens with one attached hydrogen (secondary N) is 1. The summed E-state index contributed by atoms with van der Waals surface area (Å²) in [6.45, 7) is 3.11. The highest BCUT2D eigenvalue weighted by Crippen LogP contribution is 2.39. The first-order valence-electron chi connectivity index (χ1n) is 14.1. The number of aryl methyl sites for hydroxylation is 1. The Balaban J connectivity index is 0.000000253. The lowest BCUT2D eigenvalue weighted by Gasteiger charge is -2.11. The molecule has 0 atom stereocenters. The normalized spacial score (nSPS) is 13.4. The van der Waals surface area contributed by atoms with E-state index in [-0.39, 0.29) is 11.0 Å². The van der Waals surface area contributed by atoms with E-state index in [0.29, 0.717) is 26.9 Å². The quantitative estimate of drug-likeness (QED) is 0.107. The largest absolute Gasteiger partial charge is 0.416 e. The van der Waals surface area contributed by atoms with Crippen LogP contribution in [0.4, 0.5) is 32.0 Å². The number of alkyl halides is 6. The number of aldehydes is 1. The first kappa shape index (κ1) is 37.4. The highest BCUT2D eigenvalue weighted by Gasteiger charge is 2.38. The van der Waals surface area contributed by atoms with Crippen molar-refractivity contribution in [2.75, 3.05) is 12.4 Å². The van der Waals surface area contributed by atoms with E-state index < -0.39 is 40.0 Å². The van der Waals surface area contributed by atoms with Gasteiger partial charge in [-0.05, 0) is 80.4 Å². The van der Waals surface area contributed by atoms with E-state index in [1.807, 2.05) is 49.5 Å². The van der Waals surface area contributed by atoms with Crippen molar-refractivity contribution in [3.05, 3.63) is 95.6 Å². The Morgan fingerprint density at radius 3 is 2.06 bits per heavy atom. The minimum absolute atomic E-state index is 0.0695. The minimum Gasteiger partial charge on any atom is -0.388 e. The van der Waals surface area contributed by atoms with Gasteiger partial charge in [0.05, 0.1) is 26.0 Å². The van der Waals surface area contributed by atoms with E-state index in [1.54, 1.807) is 30.4 Å². The molecular weight excluding hydrogens is 713 g/mol. The molecule has 0 aliphatic heterocycles. The summed E-state index contributed by atoms with van der Waals surface area (Å²) in [6, 6.07) is 17.5. The summed E-state index contributed by atoms with van der Waals surface area (Å²) in [6.07, 6.45) is -6.50. The SMILES string of the molecule is CC=O.CNc1ccc(-c2nc3ccc(-c4nc5ccc(C)c(S(=O)(=O)O)c5s4)cc3s2)cc1.FC(F)(F)C1=CC=CCC(C(F)(F)F)=C1. The molecule has 0 radical (unpaired) electrons. The third kappa shape index (κ3) is 9.20. The van der Waals surface area contributed by atoms with Crippen molar-refractivity contribution in [3.63, 3.8) is 0 Å². The highest BCUT2D eigenvalue weighted by molar-refractivity contribution is 7.86. The van der Waals surface area contributed by atoms with Gasteiger partial charge in [0.25, 0.3) is 10.1 Å². The lowest BCUT2D eigenvalue weighted by Crippen LogP contribution is -2.15. The molecule has 0 bridgehead atoms. The standard InChI is InChI=1S/C22H17N3O3S3.C9H6F6.C2H4O/c1-12-3-9-17-19(20(12)31(26,27)28)30-22(25-17)14-6-10-16-18(11-14)29-21(24-16)13-4-7-15(23-2)8-5-13;10-8(11,12)6-3-1-2-4-7(5-6)9(13,14)15;1-2-3/h3-11,23H,1-2H3,(H,26,27,28);1-3,5H,4H2;2H,1H3. The van der Waals surface area contributed by atoms with Crippen LogP contribution in [0.2, 0.25) is 0 Å². The maximum absolute atomic E-state index is 12.2. The molecule has 258 valence electrons. The zero-order valence-electron chi connectivity index (χ0n) is 25.8. The fourth-order valence-electron chi connectivity index (χ4n) is 4.51. The van der Waals surface area contributed by atoms with Gasteiger partial charge in [0.1, 0.15) is 21.2 Å². The molecular formula is C33H27F6N3O4S3. The van der Waals surface area contributed by atoms with Crippen LogP contribution in [0.1, 0.15) is 18.9 Å². The zero-order chi connectivity index (χ0) is 36.1. The zero-order valence-corrected chi connectivity index (χ0v) is 28.3. The van der Waals surface area contributed by atoms with Crippen LogP contribution in [-0.4, -0.2) is 48.6 Å². The fraction of sp³-hybridized carbons (Fsp3) is 0.182. The van der Waals surface area contributed by atoms with E-state index in [1.165, 1.54) is 18.3 Å². The lowest BCUT2D eigenvalue weighted by atomic mass is 10.1. The van der Waals surface area contributed by atoms with Gasteiger partial charge in [-0.25, -0.2) is 9.97 Å². The van der Waals surface area contributed by atoms with Crippen LogP contribution in [0.3, 0.4) is 0 Å². The molecule has 2 heterocycles. The number of nitrogens with zero attached hydrogens (tertiary/aromatic N) is 2. The van der Waals surface area contributed by atoms with Crippen LogP contribution >= 0.6 is 22.7 Å².